The topological polar surface area (TPSA) is 92.4 Å². The van der Waals surface area contributed by atoms with Crippen LogP contribution in [-0.2, 0) is 9.59 Å². The summed E-state index contributed by atoms with van der Waals surface area (Å²) in [7, 11) is 0. The smallest absolute Gasteiger partial charge is 0.326 e. The van der Waals surface area contributed by atoms with E-state index in [1.165, 1.54) is 0 Å². The highest BCUT2D eigenvalue weighted by molar-refractivity contribution is 5.88. The molecule has 0 saturated heterocycles. The number of hydrogen-bond acceptors (Lipinski definition) is 3. The Kier molecular flexibility index (Phi) is 5.14. The molecule has 1 rings (SSSR count). The second-order valence-corrected chi connectivity index (χ2v) is 5.37. The summed E-state index contributed by atoms with van der Waals surface area (Å²) in [5.41, 5.74) is 5.18. The van der Waals surface area contributed by atoms with Crippen molar-refractivity contribution in [2.45, 2.75) is 52.0 Å². The molecular formula is C13H24N2O3. The predicted octanol–water partition coefficient (Wildman–Crippen LogP) is 1.12. The molecule has 1 aliphatic rings. The number of aliphatic carboxylic acids is 1. The van der Waals surface area contributed by atoms with Gasteiger partial charge in [-0.05, 0) is 18.8 Å². The molecule has 1 aliphatic carbocycles. The lowest BCUT2D eigenvalue weighted by atomic mass is 9.84. The van der Waals surface area contributed by atoms with Crippen LogP contribution in [0.2, 0.25) is 0 Å². The van der Waals surface area contributed by atoms with Gasteiger partial charge in [0.2, 0.25) is 5.91 Å². The van der Waals surface area contributed by atoms with E-state index < -0.39 is 17.4 Å². The zero-order chi connectivity index (χ0) is 13.8. The van der Waals surface area contributed by atoms with Gasteiger partial charge >= 0.3 is 5.97 Å². The molecule has 0 unspecified atom stereocenters. The molecule has 0 heterocycles. The van der Waals surface area contributed by atoms with Gasteiger partial charge in [0.05, 0.1) is 5.41 Å². The molecule has 2 atom stereocenters. The molecule has 0 radical (unpaired) electrons. The van der Waals surface area contributed by atoms with Gasteiger partial charge in [-0.15, -0.1) is 0 Å². The lowest BCUT2D eigenvalue weighted by Crippen LogP contribution is -2.52. The van der Waals surface area contributed by atoms with Crippen molar-refractivity contribution in [3.05, 3.63) is 0 Å². The van der Waals surface area contributed by atoms with Crippen molar-refractivity contribution in [3.8, 4) is 0 Å². The minimum Gasteiger partial charge on any atom is -0.480 e. The molecular weight excluding hydrogens is 232 g/mol. The Morgan fingerprint density at radius 3 is 2.33 bits per heavy atom. The first-order chi connectivity index (χ1) is 8.46. The van der Waals surface area contributed by atoms with Gasteiger partial charge in [-0.2, -0.15) is 0 Å². The van der Waals surface area contributed by atoms with Crippen molar-refractivity contribution in [1.29, 1.82) is 0 Å². The fourth-order valence-electron chi connectivity index (χ4n) is 2.55. The summed E-state index contributed by atoms with van der Waals surface area (Å²) in [6.07, 6.45) is 4.23. The van der Waals surface area contributed by atoms with Crippen LogP contribution < -0.4 is 11.1 Å². The summed E-state index contributed by atoms with van der Waals surface area (Å²) >= 11 is 0. The van der Waals surface area contributed by atoms with E-state index in [1.807, 2.05) is 13.8 Å². The quantitative estimate of drug-likeness (QED) is 0.664. The molecule has 1 fully saturated rings. The minimum absolute atomic E-state index is 0.0809. The van der Waals surface area contributed by atoms with Crippen LogP contribution in [0.1, 0.15) is 46.0 Å². The first-order valence-corrected chi connectivity index (χ1v) is 6.70. The van der Waals surface area contributed by atoms with Crippen LogP contribution >= 0.6 is 0 Å². The monoisotopic (exact) mass is 256 g/mol. The lowest BCUT2D eigenvalue weighted by Gasteiger charge is -2.29. The summed E-state index contributed by atoms with van der Waals surface area (Å²) in [6.45, 7) is 4.05. The van der Waals surface area contributed by atoms with E-state index in [0.717, 1.165) is 25.7 Å². The molecule has 5 nitrogen and oxygen atoms in total. The Hall–Kier alpha value is -1.10. The van der Waals surface area contributed by atoms with Crippen molar-refractivity contribution in [3.63, 3.8) is 0 Å². The van der Waals surface area contributed by atoms with Crippen LogP contribution in [0.15, 0.2) is 0 Å². The van der Waals surface area contributed by atoms with Crippen LogP contribution in [0.5, 0.6) is 0 Å². The number of nitrogens with two attached hydrogens (primary N) is 1. The van der Waals surface area contributed by atoms with Crippen LogP contribution in [0.4, 0.5) is 0 Å². The van der Waals surface area contributed by atoms with Crippen LogP contribution in [0, 0.1) is 11.3 Å². The second kappa shape index (κ2) is 6.18. The second-order valence-electron chi connectivity index (χ2n) is 5.37. The third kappa shape index (κ3) is 3.02. The first-order valence-electron chi connectivity index (χ1n) is 6.70. The summed E-state index contributed by atoms with van der Waals surface area (Å²) in [4.78, 5) is 23.5. The fourth-order valence-corrected chi connectivity index (χ4v) is 2.55. The number of amides is 1. The van der Waals surface area contributed by atoms with Gasteiger partial charge in [0.15, 0.2) is 0 Å². The number of carbonyl (C=O) groups excluding carboxylic acids is 1. The summed E-state index contributed by atoms with van der Waals surface area (Å²) < 4.78 is 0. The van der Waals surface area contributed by atoms with E-state index in [4.69, 9.17) is 5.73 Å². The van der Waals surface area contributed by atoms with Gasteiger partial charge in [0.25, 0.3) is 0 Å². The molecule has 0 aromatic heterocycles. The Morgan fingerprint density at radius 2 is 1.94 bits per heavy atom. The molecule has 1 amide bonds. The fraction of sp³-hybridized carbons (Fsp3) is 0.846. The standard InChI is InChI=1S/C13H24N2O3/c1-3-9(2)10(11(16)17)15-12(18)13(8-14)6-4-5-7-13/h9-10H,3-8,14H2,1-2H3,(H,15,18)(H,16,17)/t9-,10-/m0/s1. The first kappa shape index (κ1) is 15.0. The summed E-state index contributed by atoms with van der Waals surface area (Å²) in [5, 5.41) is 11.9. The van der Waals surface area contributed by atoms with Gasteiger partial charge in [0.1, 0.15) is 6.04 Å². The van der Waals surface area contributed by atoms with Gasteiger partial charge in [0, 0.05) is 6.54 Å². The lowest BCUT2D eigenvalue weighted by molar-refractivity contribution is -0.145. The predicted molar refractivity (Wildman–Crippen MR) is 69.0 cm³/mol. The third-order valence-electron chi connectivity index (χ3n) is 4.20. The molecule has 5 heteroatoms. The number of carboxylic acid groups (broad SMARTS) is 1. The Morgan fingerprint density at radius 1 is 1.39 bits per heavy atom. The molecule has 18 heavy (non-hydrogen) atoms. The van der Waals surface area contributed by atoms with E-state index in [1.54, 1.807) is 0 Å². The largest absolute Gasteiger partial charge is 0.480 e. The average molecular weight is 256 g/mol. The number of rotatable bonds is 6. The van der Waals surface area contributed by atoms with Crippen molar-refractivity contribution in [2.75, 3.05) is 6.54 Å². The van der Waals surface area contributed by atoms with Gasteiger partial charge < -0.3 is 16.2 Å². The van der Waals surface area contributed by atoms with Crippen LogP contribution in [-0.4, -0.2) is 29.6 Å². The maximum Gasteiger partial charge on any atom is 0.326 e. The van der Waals surface area contributed by atoms with Crippen molar-refractivity contribution < 1.29 is 14.7 Å². The molecule has 4 N–H and O–H groups in total. The minimum atomic E-state index is -0.970. The van der Waals surface area contributed by atoms with E-state index >= 15 is 0 Å². The van der Waals surface area contributed by atoms with E-state index in [2.05, 4.69) is 5.32 Å². The highest BCUT2D eigenvalue weighted by Crippen LogP contribution is 2.37. The van der Waals surface area contributed by atoms with Crippen molar-refractivity contribution >= 4 is 11.9 Å². The zero-order valence-corrected chi connectivity index (χ0v) is 11.2. The Bertz CT molecular complexity index is 311. The van der Waals surface area contributed by atoms with Gasteiger partial charge in [-0.25, -0.2) is 4.79 Å². The number of carbonyl (C=O) groups is 2. The van der Waals surface area contributed by atoms with Crippen molar-refractivity contribution in [2.24, 2.45) is 17.1 Å². The van der Waals surface area contributed by atoms with E-state index in [-0.39, 0.29) is 11.8 Å². The molecule has 0 aliphatic heterocycles. The average Bonchev–Trinajstić information content (AvgIpc) is 2.84. The van der Waals surface area contributed by atoms with Gasteiger partial charge in [-0.3, -0.25) is 4.79 Å². The summed E-state index contributed by atoms with van der Waals surface area (Å²) in [6, 6.07) is -0.813. The maximum absolute atomic E-state index is 12.3. The number of hydrogen-bond donors (Lipinski definition) is 3. The van der Waals surface area contributed by atoms with Crippen LogP contribution in [0.3, 0.4) is 0 Å². The summed E-state index contributed by atoms with van der Waals surface area (Å²) in [5.74, 6) is -1.24. The normalized spacial score (nSPS) is 21.3. The van der Waals surface area contributed by atoms with Crippen LogP contribution in [0.25, 0.3) is 0 Å². The Labute approximate surface area is 108 Å². The van der Waals surface area contributed by atoms with E-state index in [9.17, 15) is 14.7 Å². The third-order valence-corrected chi connectivity index (χ3v) is 4.20. The molecule has 0 aromatic carbocycles. The van der Waals surface area contributed by atoms with Gasteiger partial charge in [-0.1, -0.05) is 33.1 Å². The highest BCUT2D eigenvalue weighted by Gasteiger charge is 2.41. The molecule has 104 valence electrons. The van der Waals surface area contributed by atoms with E-state index in [0.29, 0.717) is 13.0 Å². The molecule has 0 bridgehead atoms. The zero-order valence-electron chi connectivity index (χ0n) is 11.2. The van der Waals surface area contributed by atoms with Crippen molar-refractivity contribution in [1.82, 2.24) is 5.32 Å². The number of nitrogens with one attached hydrogen (secondary N) is 1. The highest BCUT2D eigenvalue weighted by atomic mass is 16.4. The molecule has 0 aromatic rings. The molecule has 1 saturated carbocycles. The Balaban J connectivity index is 2.74. The molecule has 0 spiro atoms. The number of carboxylic acids is 1. The maximum atomic E-state index is 12.3. The SMILES string of the molecule is CC[C@H](C)[C@H](NC(=O)C1(CN)CCCC1)C(=O)O.